The summed E-state index contributed by atoms with van der Waals surface area (Å²) >= 11 is 0. The van der Waals surface area contributed by atoms with Crippen LogP contribution in [0.2, 0.25) is 0 Å². The molecule has 20 heavy (non-hydrogen) atoms. The third-order valence-corrected chi connectivity index (χ3v) is 3.55. The Morgan fingerprint density at radius 3 is 2.35 bits per heavy atom. The molecule has 1 fully saturated rings. The number of amides is 3. The number of hydrogen-bond donors (Lipinski definition) is 3. The van der Waals surface area contributed by atoms with Crippen molar-refractivity contribution < 1.29 is 19.5 Å². The van der Waals surface area contributed by atoms with Crippen LogP contribution < -0.4 is 10.6 Å². The maximum Gasteiger partial charge on any atom is 0.326 e. The van der Waals surface area contributed by atoms with E-state index in [9.17, 15) is 14.4 Å². The van der Waals surface area contributed by atoms with Crippen LogP contribution in [-0.4, -0.2) is 53.6 Å². The first-order valence-corrected chi connectivity index (χ1v) is 6.96. The molecule has 1 atom stereocenters. The van der Waals surface area contributed by atoms with Crippen LogP contribution in [0.3, 0.4) is 0 Å². The smallest absolute Gasteiger partial charge is 0.326 e. The lowest BCUT2D eigenvalue weighted by Crippen LogP contribution is -2.50. The fourth-order valence-electron chi connectivity index (χ4n) is 2.21. The van der Waals surface area contributed by atoms with E-state index in [0.717, 1.165) is 12.8 Å². The van der Waals surface area contributed by atoms with Gasteiger partial charge in [0.2, 0.25) is 5.91 Å². The van der Waals surface area contributed by atoms with Gasteiger partial charge in [0, 0.05) is 26.6 Å². The number of piperidine rings is 1. The molecule has 114 valence electrons. The molecule has 7 nitrogen and oxygen atoms in total. The van der Waals surface area contributed by atoms with Crippen LogP contribution in [0.5, 0.6) is 0 Å². The molecule has 1 rings (SSSR count). The Hall–Kier alpha value is -1.79. The predicted molar refractivity (Wildman–Crippen MR) is 73.2 cm³/mol. The van der Waals surface area contributed by atoms with Gasteiger partial charge in [-0.05, 0) is 25.2 Å². The second kappa shape index (κ2) is 7.72. The molecule has 3 amide bonds. The largest absolute Gasteiger partial charge is 0.480 e. The van der Waals surface area contributed by atoms with Gasteiger partial charge in [0.25, 0.3) is 0 Å². The first-order valence-electron chi connectivity index (χ1n) is 6.96. The molecular weight excluding hydrogens is 262 g/mol. The van der Waals surface area contributed by atoms with Crippen LogP contribution in [0, 0.1) is 5.92 Å². The highest BCUT2D eigenvalue weighted by molar-refractivity contribution is 5.82. The molecule has 0 saturated carbocycles. The Bertz CT molecular complexity index is 365. The maximum absolute atomic E-state index is 11.9. The number of aliphatic carboxylic acids is 1. The van der Waals surface area contributed by atoms with Crippen molar-refractivity contribution in [3.63, 3.8) is 0 Å². The van der Waals surface area contributed by atoms with Gasteiger partial charge in [0.1, 0.15) is 6.04 Å². The van der Waals surface area contributed by atoms with Crippen LogP contribution in [0.4, 0.5) is 4.79 Å². The number of carbonyl (C=O) groups is 3. The van der Waals surface area contributed by atoms with Crippen LogP contribution in [-0.2, 0) is 9.59 Å². The van der Waals surface area contributed by atoms with Gasteiger partial charge < -0.3 is 20.6 Å². The third-order valence-electron chi connectivity index (χ3n) is 3.55. The van der Waals surface area contributed by atoms with Crippen molar-refractivity contribution in [3.05, 3.63) is 0 Å². The molecule has 7 heteroatoms. The molecule has 1 aliphatic heterocycles. The fraction of sp³-hybridized carbons (Fsp3) is 0.769. The second-order valence-corrected chi connectivity index (χ2v) is 5.12. The van der Waals surface area contributed by atoms with E-state index >= 15 is 0 Å². The van der Waals surface area contributed by atoms with E-state index in [0.29, 0.717) is 32.0 Å². The lowest BCUT2D eigenvalue weighted by molar-refractivity contribution is -0.139. The van der Waals surface area contributed by atoms with Crippen molar-refractivity contribution >= 4 is 17.9 Å². The number of carboxylic acids is 1. The summed E-state index contributed by atoms with van der Waals surface area (Å²) in [6.07, 6.45) is 2.00. The van der Waals surface area contributed by atoms with Gasteiger partial charge in [-0.1, -0.05) is 6.92 Å². The lowest BCUT2D eigenvalue weighted by Gasteiger charge is -2.32. The quantitative estimate of drug-likeness (QED) is 0.681. The molecule has 3 N–H and O–H groups in total. The highest BCUT2D eigenvalue weighted by Gasteiger charge is 2.25. The zero-order chi connectivity index (χ0) is 15.1. The number of hydrogen-bond acceptors (Lipinski definition) is 3. The standard InChI is InChI=1S/C13H23N3O4/c1-3-11(12(18)19)15-13(20)16-6-4-10(5-7-16)8-14-9(2)17/h10-11H,3-8H2,1-2H3,(H,14,17)(H,15,20)(H,18,19)/t11-/m0/s1. The molecule has 0 aromatic rings. The van der Waals surface area contributed by atoms with Gasteiger partial charge in [-0.15, -0.1) is 0 Å². The molecule has 0 bridgehead atoms. The first kappa shape index (κ1) is 16.3. The van der Waals surface area contributed by atoms with E-state index in [1.54, 1.807) is 11.8 Å². The number of nitrogens with one attached hydrogen (secondary N) is 2. The Morgan fingerprint density at radius 2 is 1.90 bits per heavy atom. The fourth-order valence-corrected chi connectivity index (χ4v) is 2.21. The van der Waals surface area contributed by atoms with Crippen LogP contribution >= 0.6 is 0 Å². The molecule has 0 unspecified atom stereocenters. The van der Waals surface area contributed by atoms with Crippen molar-refractivity contribution in [2.45, 2.75) is 39.2 Å². The summed E-state index contributed by atoms with van der Waals surface area (Å²) in [5, 5.41) is 14.2. The molecule has 0 aromatic heterocycles. The summed E-state index contributed by atoms with van der Waals surface area (Å²) in [4.78, 5) is 35.3. The average molecular weight is 285 g/mol. The highest BCUT2D eigenvalue weighted by Crippen LogP contribution is 2.16. The van der Waals surface area contributed by atoms with Gasteiger partial charge in [0.15, 0.2) is 0 Å². The Kier molecular flexibility index (Phi) is 6.27. The van der Waals surface area contributed by atoms with Gasteiger partial charge in [0.05, 0.1) is 0 Å². The number of likely N-dealkylation sites (tertiary alicyclic amines) is 1. The Balaban J connectivity index is 2.35. The van der Waals surface area contributed by atoms with E-state index in [2.05, 4.69) is 10.6 Å². The van der Waals surface area contributed by atoms with E-state index in [-0.39, 0.29) is 11.9 Å². The summed E-state index contributed by atoms with van der Waals surface area (Å²) in [5.41, 5.74) is 0. The zero-order valence-corrected chi connectivity index (χ0v) is 12.0. The second-order valence-electron chi connectivity index (χ2n) is 5.12. The van der Waals surface area contributed by atoms with Crippen molar-refractivity contribution in [3.8, 4) is 0 Å². The average Bonchev–Trinajstić information content (AvgIpc) is 2.42. The summed E-state index contributed by atoms with van der Waals surface area (Å²) in [6.45, 7) is 5.02. The molecule has 1 aliphatic rings. The summed E-state index contributed by atoms with van der Waals surface area (Å²) in [5.74, 6) is -0.678. The van der Waals surface area contributed by atoms with Crippen LogP contribution in [0.15, 0.2) is 0 Å². The van der Waals surface area contributed by atoms with E-state index < -0.39 is 12.0 Å². The van der Waals surface area contributed by atoms with E-state index in [1.165, 1.54) is 6.92 Å². The summed E-state index contributed by atoms with van der Waals surface area (Å²) in [6, 6.07) is -1.16. The van der Waals surface area contributed by atoms with Crippen molar-refractivity contribution in [2.24, 2.45) is 5.92 Å². The molecule has 0 spiro atoms. The Morgan fingerprint density at radius 1 is 1.30 bits per heavy atom. The van der Waals surface area contributed by atoms with Crippen LogP contribution in [0.1, 0.15) is 33.1 Å². The monoisotopic (exact) mass is 285 g/mol. The number of urea groups is 1. The van der Waals surface area contributed by atoms with Gasteiger partial charge in [-0.25, -0.2) is 9.59 Å². The van der Waals surface area contributed by atoms with Crippen molar-refractivity contribution in [1.82, 2.24) is 15.5 Å². The van der Waals surface area contributed by atoms with E-state index in [4.69, 9.17) is 5.11 Å². The zero-order valence-electron chi connectivity index (χ0n) is 12.0. The number of carbonyl (C=O) groups excluding carboxylic acids is 2. The topological polar surface area (TPSA) is 98.7 Å². The third kappa shape index (κ3) is 5.07. The normalized spacial score (nSPS) is 17.4. The summed E-state index contributed by atoms with van der Waals surface area (Å²) < 4.78 is 0. The molecule has 1 saturated heterocycles. The number of nitrogens with zero attached hydrogens (tertiary/aromatic N) is 1. The van der Waals surface area contributed by atoms with Gasteiger partial charge in [-0.2, -0.15) is 0 Å². The highest BCUT2D eigenvalue weighted by atomic mass is 16.4. The lowest BCUT2D eigenvalue weighted by atomic mass is 9.97. The van der Waals surface area contributed by atoms with Crippen molar-refractivity contribution in [1.29, 1.82) is 0 Å². The maximum atomic E-state index is 11.9. The molecule has 0 radical (unpaired) electrons. The minimum absolute atomic E-state index is 0.0441. The van der Waals surface area contributed by atoms with E-state index in [1.807, 2.05) is 0 Å². The first-order chi connectivity index (χ1) is 9.43. The number of carboxylic acid groups (broad SMARTS) is 1. The van der Waals surface area contributed by atoms with Gasteiger partial charge >= 0.3 is 12.0 Å². The SMILES string of the molecule is CC[C@H](NC(=O)N1CCC(CNC(C)=O)CC1)C(=O)O. The molecule has 0 aromatic carbocycles. The summed E-state index contributed by atoms with van der Waals surface area (Å²) in [7, 11) is 0. The molecular formula is C13H23N3O4. The van der Waals surface area contributed by atoms with Gasteiger partial charge in [-0.3, -0.25) is 4.79 Å². The minimum atomic E-state index is -1.01. The number of rotatable bonds is 5. The Labute approximate surface area is 118 Å². The predicted octanol–water partition coefficient (Wildman–Crippen LogP) is 0.407. The minimum Gasteiger partial charge on any atom is -0.480 e. The van der Waals surface area contributed by atoms with Crippen LogP contribution in [0.25, 0.3) is 0 Å². The molecule has 0 aliphatic carbocycles. The molecule has 1 heterocycles. The van der Waals surface area contributed by atoms with Crippen molar-refractivity contribution in [2.75, 3.05) is 19.6 Å².